The molecule has 1 fully saturated rings. The molecule has 10 heteroatoms. The summed E-state index contributed by atoms with van der Waals surface area (Å²) in [6.45, 7) is -0.479. The van der Waals surface area contributed by atoms with Crippen LogP contribution in [0.4, 0.5) is 0 Å². The highest BCUT2D eigenvalue weighted by molar-refractivity contribution is 7.11. The summed E-state index contributed by atoms with van der Waals surface area (Å²) in [6.07, 6.45) is 5.03. The fraction of sp³-hybridized carbons (Fsp3) is 0.250. The van der Waals surface area contributed by atoms with Crippen LogP contribution in [-0.4, -0.2) is 39.0 Å². The largest absolute Gasteiger partial charge is 0.451 e. The lowest BCUT2D eigenvalue weighted by Crippen LogP contribution is -2.34. The maximum Gasteiger partial charge on any atom is 0.359 e. The van der Waals surface area contributed by atoms with Gasteiger partial charge in [-0.3, -0.25) is 9.59 Å². The van der Waals surface area contributed by atoms with Crippen LogP contribution >= 0.6 is 22.7 Å². The Morgan fingerprint density at radius 1 is 1.08 bits per heavy atom. The summed E-state index contributed by atoms with van der Waals surface area (Å²) in [4.78, 5) is 41.1. The second-order valence-corrected chi connectivity index (χ2v) is 11.2. The van der Waals surface area contributed by atoms with E-state index >= 15 is 0 Å². The number of fused-ring (bicyclic) bond motifs is 2. The minimum Gasteiger partial charge on any atom is -0.451 e. The van der Waals surface area contributed by atoms with E-state index in [9.17, 15) is 14.4 Å². The van der Waals surface area contributed by atoms with Gasteiger partial charge in [0.05, 0.1) is 17.1 Å². The Bertz CT molecular complexity index is 1640. The molecule has 4 aromatic rings. The first-order chi connectivity index (χ1) is 18.5. The predicted molar refractivity (Wildman–Crippen MR) is 148 cm³/mol. The molecule has 1 saturated carbocycles. The molecule has 2 aliphatic rings. The zero-order valence-electron chi connectivity index (χ0n) is 20.6. The van der Waals surface area contributed by atoms with Crippen molar-refractivity contribution >= 4 is 57.1 Å². The molecule has 1 aliphatic carbocycles. The Morgan fingerprint density at radius 2 is 1.87 bits per heavy atom. The molecular weight excluding hydrogens is 520 g/mol. The number of hydrogen-bond donors (Lipinski definition) is 0. The van der Waals surface area contributed by atoms with Crippen molar-refractivity contribution in [2.45, 2.75) is 25.3 Å². The molecule has 6 rings (SSSR count). The van der Waals surface area contributed by atoms with Crippen LogP contribution in [-0.2, 0) is 16.6 Å². The van der Waals surface area contributed by atoms with Crippen molar-refractivity contribution in [1.29, 1.82) is 0 Å². The number of amides is 1. The zero-order valence-corrected chi connectivity index (χ0v) is 22.2. The van der Waals surface area contributed by atoms with Crippen LogP contribution in [0.5, 0.6) is 0 Å². The molecular formula is C28H24N4O4S2. The second-order valence-electron chi connectivity index (χ2n) is 9.27. The molecule has 4 heterocycles. The van der Waals surface area contributed by atoms with E-state index in [1.165, 1.54) is 12.1 Å². The second kappa shape index (κ2) is 10.1. The maximum absolute atomic E-state index is 13.5. The molecule has 3 aromatic heterocycles. The van der Waals surface area contributed by atoms with E-state index < -0.39 is 18.5 Å². The van der Waals surface area contributed by atoms with Crippen molar-refractivity contribution in [3.05, 3.63) is 90.7 Å². The number of hydrogen-bond acceptors (Lipinski definition) is 8. The van der Waals surface area contributed by atoms with Crippen LogP contribution in [0.25, 0.3) is 16.8 Å². The van der Waals surface area contributed by atoms with E-state index in [0.29, 0.717) is 10.8 Å². The van der Waals surface area contributed by atoms with Crippen molar-refractivity contribution < 1.29 is 14.3 Å². The van der Waals surface area contributed by atoms with Gasteiger partial charge in [-0.1, -0.05) is 30.3 Å². The van der Waals surface area contributed by atoms with Gasteiger partial charge in [0.1, 0.15) is 0 Å². The molecule has 0 unspecified atom stereocenters. The first kappa shape index (κ1) is 24.4. The van der Waals surface area contributed by atoms with Crippen molar-refractivity contribution in [1.82, 2.24) is 14.8 Å². The predicted octanol–water partition coefficient (Wildman–Crippen LogP) is 5.04. The fourth-order valence-electron chi connectivity index (χ4n) is 5.20. The van der Waals surface area contributed by atoms with E-state index in [1.54, 1.807) is 46.9 Å². The lowest BCUT2D eigenvalue weighted by Gasteiger charge is -2.28. The third kappa shape index (κ3) is 4.39. The van der Waals surface area contributed by atoms with Gasteiger partial charge in [0.15, 0.2) is 12.3 Å². The van der Waals surface area contributed by atoms with E-state index in [0.717, 1.165) is 45.0 Å². The summed E-state index contributed by atoms with van der Waals surface area (Å²) in [7, 11) is 1.48. The number of thiophene rings is 2. The number of rotatable bonds is 5. The van der Waals surface area contributed by atoms with E-state index in [1.807, 2.05) is 29.0 Å². The smallest absolute Gasteiger partial charge is 0.359 e. The van der Waals surface area contributed by atoms with Crippen LogP contribution in [0.3, 0.4) is 0 Å². The van der Waals surface area contributed by atoms with Gasteiger partial charge < -0.3 is 4.74 Å². The fourth-order valence-corrected chi connectivity index (χ4v) is 6.76. The molecule has 1 aliphatic heterocycles. The summed E-state index contributed by atoms with van der Waals surface area (Å²) in [6, 6.07) is 14.6. The van der Waals surface area contributed by atoms with Gasteiger partial charge in [-0.05, 0) is 59.9 Å². The number of allylic oxidation sites excluding steroid dienone is 1. The van der Waals surface area contributed by atoms with Gasteiger partial charge >= 0.3 is 5.97 Å². The number of carbonyl (C=O) groups excluding carboxylic acids is 2. The number of aromatic nitrogens is 2. The minimum atomic E-state index is -0.764. The molecule has 0 radical (unpaired) electrons. The van der Waals surface area contributed by atoms with E-state index in [-0.39, 0.29) is 23.2 Å². The quantitative estimate of drug-likeness (QED) is 0.328. The standard InChI is InChI=1S/C28H24N4O4S2/c1-31-27(34)20-10-3-2-9-19(20)25(29-31)28(35)36-16-23(33)32-26(22-12-6-14-38-22)21-11-4-7-17(24(21)30-32)15-18-8-5-13-37-18/h2-3,5-6,8-10,12-15,21,26H,4,7,11,16H2,1H3/b17-15-/t21-,26-/m1/s1. The number of nitrogens with zero attached hydrogens (tertiary/aromatic N) is 4. The Hall–Kier alpha value is -3.89. The van der Waals surface area contributed by atoms with Crippen molar-refractivity contribution in [2.24, 2.45) is 18.1 Å². The Kier molecular flexibility index (Phi) is 6.50. The van der Waals surface area contributed by atoms with Gasteiger partial charge in [-0.25, -0.2) is 14.5 Å². The average molecular weight is 545 g/mol. The Labute approximate surface area is 226 Å². The number of benzene rings is 1. The summed E-state index contributed by atoms with van der Waals surface area (Å²) in [5.41, 5.74) is 1.77. The highest BCUT2D eigenvalue weighted by Crippen LogP contribution is 2.45. The third-order valence-electron chi connectivity index (χ3n) is 6.93. The lowest BCUT2D eigenvalue weighted by atomic mass is 9.79. The lowest BCUT2D eigenvalue weighted by molar-refractivity contribution is -0.136. The van der Waals surface area contributed by atoms with Crippen LogP contribution in [0.1, 0.15) is 45.5 Å². The molecule has 0 N–H and O–H groups in total. The molecule has 0 saturated heterocycles. The third-order valence-corrected chi connectivity index (χ3v) is 8.69. The van der Waals surface area contributed by atoms with Crippen molar-refractivity contribution in [3.63, 3.8) is 0 Å². The maximum atomic E-state index is 13.5. The Morgan fingerprint density at radius 3 is 2.63 bits per heavy atom. The SMILES string of the molecule is Cn1nc(C(=O)OCC(=O)N2N=C3/C(=C\c4cccs4)CCC[C@H]3[C@@H]2c2cccs2)c2ccccc2c1=O. The molecule has 1 amide bonds. The van der Waals surface area contributed by atoms with Gasteiger partial charge in [-0.2, -0.15) is 10.2 Å². The summed E-state index contributed by atoms with van der Waals surface area (Å²) >= 11 is 3.27. The first-order valence-electron chi connectivity index (χ1n) is 12.3. The van der Waals surface area contributed by atoms with Gasteiger partial charge in [0.25, 0.3) is 11.5 Å². The summed E-state index contributed by atoms with van der Waals surface area (Å²) in [5, 5.41) is 15.2. The van der Waals surface area contributed by atoms with Crippen LogP contribution in [0.2, 0.25) is 0 Å². The highest BCUT2D eigenvalue weighted by Gasteiger charge is 2.44. The van der Waals surface area contributed by atoms with Crippen LogP contribution < -0.4 is 5.56 Å². The van der Waals surface area contributed by atoms with E-state index in [4.69, 9.17) is 9.84 Å². The summed E-state index contributed by atoms with van der Waals surface area (Å²) in [5.74, 6) is -1.08. The molecule has 0 spiro atoms. The number of hydrazone groups is 1. The molecule has 38 heavy (non-hydrogen) atoms. The van der Waals surface area contributed by atoms with Crippen molar-refractivity contribution in [2.75, 3.05) is 6.61 Å². The number of aryl methyl sites for hydroxylation is 1. The Balaban J connectivity index is 1.28. The molecule has 0 bridgehead atoms. The van der Waals surface area contributed by atoms with Gasteiger partial charge in [0, 0.05) is 28.1 Å². The van der Waals surface area contributed by atoms with Gasteiger partial charge in [0.2, 0.25) is 0 Å². The van der Waals surface area contributed by atoms with Gasteiger partial charge in [-0.15, -0.1) is 22.7 Å². The highest BCUT2D eigenvalue weighted by atomic mass is 32.1. The number of carbonyl (C=O) groups is 2. The number of ether oxygens (including phenoxy) is 1. The average Bonchev–Trinajstić information content (AvgIpc) is 3.70. The normalized spacial score (nSPS) is 20.0. The zero-order chi connectivity index (χ0) is 26.2. The minimum absolute atomic E-state index is 0.00659. The first-order valence-corrected chi connectivity index (χ1v) is 14.1. The summed E-state index contributed by atoms with van der Waals surface area (Å²) < 4.78 is 6.55. The molecule has 8 nitrogen and oxygen atoms in total. The van der Waals surface area contributed by atoms with E-state index in [2.05, 4.69) is 17.2 Å². The van der Waals surface area contributed by atoms with Crippen LogP contribution in [0.15, 0.2) is 74.8 Å². The van der Waals surface area contributed by atoms with Crippen molar-refractivity contribution in [3.8, 4) is 0 Å². The molecule has 1 aromatic carbocycles. The monoisotopic (exact) mass is 544 g/mol. The topological polar surface area (TPSA) is 93.9 Å². The molecule has 192 valence electrons. The van der Waals surface area contributed by atoms with Crippen LogP contribution in [0, 0.1) is 5.92 Å². The molecule has 2 atom stereocenters. The number of esters is 1.